The van der Waals surface area contributed by atoms with Crippen LogP contribution in [0.2, 0.25) is 0 Å². The maximum absolute atomic E-state index is 5.52. The van der Waals surface area contributed by atoms with Crippen molar-refractivity contribution in [2.75, 3.05) is 0 Å². The van der Waals surface area contributed by atoms with E-state index < -0.39 is 0 Å². The molecule has 1 N–H and O–H groups in total. The predicted molar refractivity (Wildman–Crippen MR) is 69.0 cm³/mol. The van der Waals surface area contributed by atoms with Crippen molar-refractivity contribution in [3.63, 3.8) is 0 Å². The Morgan fingerprint density at radius 2 is 2.17 bits per heavy atom. The zero-order valence-corrected chi connectivity index (χ0v) is 11.2. The third kappa shape index (κ3) is 2.98. The number of nitrogens with zero attached hydrogens (tertiary/aromatic N) is 3. The summed E-state index contributed by atoms with van der Waals surface area (Å²) >= 11 is 0. The van der Waals surface area contributed by atoms with Gasteiger partial charge in [0.2, 0.25) is 5.89 Å². The van der Waals surface area contributed by atoms with Gasteiger partial charge in [0, 0.05) is 19.3 Å². The largest absolute Gasteiger partial charge is 0.444 e. The second-order valence-corrected chi connectivity index (χ2v) is 4.40. The fourth-order valence-corrected chi connectivity index (χ4v) is 1.84. The molecular weight excluding hydrogens is 228 g/mol. The Hall–Kier alpha value is -1.62. The molecule has 0 aliphatic heterocycles. The zero-order valence-electron chi connectivity index (χ0n) is 11.2. The van der Waals surface area contributed by atoms with E-state index in [4.69, 9.17) is 4.42 Å². The van der Waals surface area contributed by atoms with E-state index >= 15 is 0 Å². The summed E-state index contributed by atoms with van der Waals surface area (Å²) < 4.78 is 7.54. The van der Waals surface area contributed by atoms with E-state index in [2.05, 4.69) is 22.3 Å². The van der Waals surface area contributed by atoms with Crippen LogP contribution in [0, 0.1) is 13.8 Å². The van der Waals surface area contributed by atoms with Gasteiger partial charge >= 0.3 is 0 Å². The van der Waals surface area contributed by atoms with Crippen molar-refractivity contribution in [3.05, 3.63) is 35.3 Å². The molecule has 0 amide bonds. The average Bonchev–Trinajstić information content (AvgIpc) is 2.89. The fourth-order valence-electron chi connectivity index (χ4n) is 1.84. The van der Waals surface area contributed by atoms with Crippen molar-refractivity contribution in [1.82, 2.24) is 20.1 Å². The van der Waals surface area contributed by atoms with Crippen LogP contribution in [0.15, 0.2) is 16.7 Å². The van der Waals surface area contributed by atoms with Crippen LogP contribution in [0.3, 0.4) is 0 Å². The highest BCUT2D eigenvalue weighted by molar-refractivity contribution is 5.05. The summed E-state index contributed by atoms with van der Waals surface area (Å²) in [5.74, 6) is 1.63. The number of hydrogen-bond donors (Lipinski definition) is 1. The summed E-state index contributed by atoms with van der Waals surface area (Å²) in [5, 5.41) is 7.61. The smallest absolute Gasteiger partial charge is 0.208 e. The van der Waals surface area contributed by atoms with Crippen molar-refractivity contribution in [2.24, 2.45) is 0 Å². The summed E-state index contributed by atoms with van der Waals surface area (Å²) in [4.78, 5) is 4.34. The summed E-state index contributed by atoms with van der Waals surface area (Å²) in [7, 11) is 0. The van der Waals surface area contributed by atoms with Gasteiger partial charge in [0.25, 0.3) is 0 Å². The van der Waals surface area contributed by atoms with E-state index in [0.29, 0.717) is 6.54 Å². The molecule has 18 heavy (non-hydrogen) atoms. The molecule has 2 heterocycles. The van der Waals surface area contributed by atoms with Gasteiger partial charge in [0.05, 0.1) is 17.9 Å². The van der Waals surface area contributed by atoms with Crippen LogP contribution in [0.1, 0.15) is 36.4 Å². The summed E-state index contributed by atoms with van der Waals surface area (Å²) in [6.45, 7) is 8.42. The Morgan fingerprint density at radius 3 is 2.83 bits per heavy atom. The number of oxazole rings is 1. The molecule has 2 rings (SSSR count). The molecule has 2 aromatic heterocycles. The first kappa shape index (κ1) is 12.8. The Labute approximate surface area is 107 Å². The van der Waals surface area contributed by atoms with Crippen molar-refractivity contribution >= 4 is 0 Å². The van der Waals surface area contributed by atoms with Gasteiger partial charge in [-0.15, -0.1) is 0 Å². The Morgan fingerprint density at radius 1 is 1.33 bits per heavy atom. The molecule has 0 radical (unpaired) electrons. The van der Waals surface area contributed by atoms with Crippen LogP contribution in [-0.2, 0) is 19.6 Å². The van der Waals surface area contributed by atoms with E-state index in [1.165, 1.54) is 5.69 Å². The van der Waals surface area contributed by atoms with Crippen LogP contribution in [0.5, 0.6) is 0 Å². The first-order chi connectivity index (χ1) is 8.70. The molecule has 0 aliphatic carbocycles. The topological polar surface area (TPSA) is 55.9 Å². The van der Waals surface area contributed by atoms with Crippen LogP contribution in [0.25, 0.3) is 0 Å². The predicted octanol–water partition coefficient (Wildman–Crippen LogP) is 2.19. The lowest BCUT2D eigenvalue weighted by Gasteiger charge is -2.06. The molecular formula is C13H20N4O. The summed E-state index contributed by atoms with van der Waals surface area (Å²) in [6, 6.07) is 2.04. The Kier molecular flexibility index (Phi) is 4.15. The highest BCUT2D eigenvalue weighted by Crippen LogP contribution is 2.08. The minimum absolute atomic E-state index is 0.645. The molecule has 0 saturated heterocycles. The molecule has 5 nitrogen and oxygen atoms in total. The first-order valence-electron chi connectivity index (χ1n) is 6.35. The van der Waals surface area contributed by atoms with Gasteiger partial charge < -0.3 is 9.73 Å². The van der Waals surface area contributed by atoms with Gasteiger partial charge in [-0.3, -0.25) is 4.68 Å². The number of aryl methyl sites for hydroxylation is 3. The van der Waals surface area contributed by atoms with Crippen molar-refractivity contribution in [2.45, 2.75) is 46.8 Å². The Balaban J connectivity index is 1.86. The van der Waals surface area contributed by atoms with E-state index in [9.17, 15) is 0 Å². The quantitative estimate of drug-likeness (QED) is 0.851. The first-order valence-corrected chi connectivity index (χ1v) is 6.35. The van der Waals surface area contributed by atoms with Crippen molar-refractivity contribution < 1.29 is 4.42 Å². The van der Waals surface area contributed by atoms with Crippen molar-refractivity contribution in [3.8, 4) is 0 Å². The third-order valence-electron chi connectivity index (χ3n) is 2.90. The van der Waals surface area contributed by atoms with Crippen LogP contribution >= 0.6 is 0 Å². The molecule has 0 spiro atoms. The lowest BCUT2D eigenvalue weighted by molar-refractivity contribution is 0.444. The second-order valence-electron chi connectivity index (χ2n) is 4.40. The average molecular weight is 248 g/mol. The number of hydrogen-bond acceptors (Lipinski definition) is 4. The lowest BCUT2D eigenvalue weighted by Crippen LogP contribution is -2.16. The number of nitrogens with one attached hydrogen (secondary N) is 1. The molecule has 0 unspecified atom stereocenters. The van der Waals surface area contributed by atoms with Gasteiger partial charge in [0.1, 0.15) is 5.76 Å². The zero-order chi connectivity index (χ0) is 13.0. The van der Waals surface area contributed by atoms with E-state index in [0.717, 1.165) is 36.9 Å². The minimum Gasteiger partial charge on any atom is -0.444 e. The van der Waals surface area contributed by atoms with E-state index in [1.54, 1.807) is 0 Å². The second kappa shape index (κ2) is 5.82. The molecule has 0 aromatic carbocycles. The van der Waals surface area contributed by atoms with Crippen LogP contribution < -0.4 is 5.32 Å². The maximum atomic E-state index is 5.52. The molecule has 0 fully saturated rings. The van der Waals surface area contributed by atoms with E-state index in [-0.39, 0.29) is 0 Å². The summed E-state index contributed by atoms with van der Waals surface area (Å²) in [5.41, 5.74) is 2.15. The van der Waals surface area contributed by atoms with Crippen molar-refractivity contribution in [1.29, 1.82) is 0 Å². The lowest BCUT2D eigenvalue weighted by atomic mass is 10.4. The van der Waals surface area contributed by atoms with Gasteiger partial charge in [-0.05, 0) is 26.3 Å². The highest BCUT2D eigenvalue weighted by atomic mass is 16.4. The van der Waals surface area contributed by atoms with Gasteiger partial charge in [-0.2, -0.15) is 5.10 Å². The molecule has 0 atom stereocenters. The molecule has 0 bridgehead atoms. The van der Waals surface area contributed by atoms with Crippen LogP contribution in [-0.4, -0.2) is 14.8 Å². The monoisotopic (exact) mass is 248 g/mol. The summed E-state index contributed by atoms with van der Waals surface area (Å²) in [6.07, 6.45) is 2.93. The molecule has 98 valence electrons. The SMILES string of the molecule is CCCn1nccc1CNCc1nc(C)c(C)o1. The molecule has 2 aromatic rings. The molecule has 0 saturated carbocycles. The third-order valence-corrected chi connectivity index (χ3v) is 2.90. The maximum Gasteiger partial charge on any atom is 0.208 e. The number of aromatic nitrogens is 3. The highest BCUT2D eigenvalue weighted by Gasteiger charge is 2.06. The van der Waals surface area contributed by atoms with Gasteiger partial charge in [-0.1, -0.05) is 6.92 Å². The van der Waals surface area contributed by atoms with Gasteiger partial charge in [0.15, 0.2) is 0 Å². The number of rotatable bonds is 6. The standard InChI is InChI=1S/C13H20N4O/c1-4-7-17-12(5-6-15-17)8-14-9-13-16-10(2)11(3)18-13/h5-6,14H,4,7-9H2,1-3H3. The van der Waals surface area contributed by atoms with Gasteiger partial charge in [-0.25, -0.2) is 4.98 Å². The van der Waals surface area contributed by atoms with E-state index in [1.807, 2.05) is 30.8 Å². The normalized spacial score (nSPS) is 11.1. The fraction of sp³-hybridized carbons (Fsp3) is 0.538. The molecule has 5 heteroatoms. The van der Waals surface area contributed by atoms with Crippen LogP contribution in [0.4, 0.5) is 0 Å². The minimum atomic E-state index is 0.645. The Bertz CT molecular complexity index is 481. The molecule has 0 aliphatic rings.